The Hall–Kier alpha value is -1.44. The number of hydrogen-bond acceptors (Lipinski definition) is 3. The number of hydrogen-bond donors (Lipinski definition) is 1. The molecule has 0 radical (unpaired) electrons. The third kappa shape index (κ3) is 3.61. The van der Waals surface area contributed by atoms with Crippen molar-refractivity contribution in [3.63, 3.8) is 0 Å². The molecule has 0 spiro atoms. The van der Waals surface area contributed by atoms with Crippen molar-refractivity contribution in [2.24, 2.45) is 11.7 Å². The van der Waals surface area contributed by atoms with Crippen LogP contribution >= 0.6 is 0 Å². The van der Waals surface area contributed by atoms with Crippen LogP contribution in [-0.2, 0) is 16.6 Å². The van der Waals surface area contributed by atoms with E-state index in [2.05, 4.69) is 0 Å². The van der Waals surface area contributed by atoms with E-state index in [1.54, 1.807) is 32.3 Å². The molecule has 1 saturated heterocycles. The number of nitrogens with two attached hydrogens (primary N) is 1. The summed E-state index contributed by atoms with van der Waals surface area (Å²) < 4.78 is 26.9. The molecule has 0 aromatic heterocycles. The molecule has 1 amide bonds. The van der Waals surface area contributed by atoms with E-state index in [0.29, 0.717) is 18.7 Å². The van der Waals surface area contributed by atoms with Gasteiger partial charge in [-0.25, -0.2) is 0 Å². The summed E-state index contributed by atoms with van der Waals surface area (Å²) in [6.07, 6.45) is 1.58. The van der Waals surface area contributed by atoms with Crippen LogP contribution in [0, 0.1) is 5.92 Å². The van der Waals surface area contributed by atoms with Crippen LogP contribution in [0.5, 0.6) is 0 Å². The molecule has 0 saturated carbocycles. The molecule has 21 heavy (non-hydrogen) atoms. The SMILES string of the molecule is CN(C)S(=O)(=O)N1CC[C@@H](Cc2cccc(C(N)=O)c2)C1. The summed E-state index contributed by atoms with van der Waals surface area (Å²) in [6, 6.07) is 7.21. The van der Waals surface area contributed by atoms with Gasteiger partial charge in [-0.05, 0) is 36.5 Å². The van der Waals surface area contributed by atoms with Crippen molar-refractivity contribution in [3.8, 4) is 0 Å². The summed E-state index contributed by atoms with van der Waals surface area (Å²) in [4.78, 5) is 11.2. The van der Waals surface area contributed by atoms with Crippen molar-refractivity contribution in [1.82, 2.24) is 8.61 Å². The molecule has 2 rings (SSSR count). The maximum atomic E-state index is 12.1. The molecule has 1 aromatic rings. The summed E-state index contributed by atoms with van der Waals surface area (Å²) in [7, 11) is -0.250. The second-order valence-corrected chi connectivity index (χ2v) is 7.71. The van der Waals surface area contributed by atoms with Crippen LogP contribution in [0.1, 0.15) is 22.3 Å². The van der Waals surface area contributed by atoms with Gasteiger partial charge >= 0.3 is 0 Å². The average molecular weight is 311 g/mol. The Morgan fingerprint density at radius 1 is 1.43 bits per heavy atom. The van der Waals surface area contributed by atoms with Gasteiger partial charge in [-0.1, -0.05) is 12.1 Å². The standard InChI is InChI=1S/C14H21N3O3S/c1-16(2)21(19,20)17-7-6-12(10-17)8-11-4-3-5-13(9-11)14(15)18/h3-5,9,12H,6-8,10H2,1-2H3,(H2,15,18)/t12-/m0/s1. The lowest BCUT2D eigenvalue weighted by Gasteiger charge is -2.20. The normalized spacial score (nSPS) is 20.0. The van der Waals surface area contributed by atoms with E-state index in [1.807, 2.05) is 6.07 Å². The first-order chi connectivity index (χ1) is 9.80. The van der Waals surface area contributed by atoms with Gasteiger partial charge in [0.05, 0.1) is 0 Å². The number of rotatable bonds is 5. The van der Waals surface area contributed by atoms with E-state index in [-0.39, 0.29) is 5.92 Å². The molecule has 1 fully saturated rings. The molecule has 1 aliphatic rings. The van der Waals surface area contributed by atoms with Crippen LogP contribution in [0.15, 0.2) is 24.3 Å². The lowest BCUT2D eigenvalue weighted by Crippen LogP contribution is -2.38. The highest BCUT2D eigenvalue weighted by Crippen LogP contribution is 2.24. The summed E-state index contributed by atoms with van der Waals surface area (Å²) in [5.74, 6) is -0.178. The molecule has 1 heterocycles. The second kappa shape index (κ2) is 6.13. The smallest absolute Gasteiger partial charge is 0.281 e. The Kier molecular flexibility index (Phi) is 4.65. The van der Waals surface area contributed by atoms with E-state index in [4.69, 9.17) is 5.73 Å². The zero-order valence-electron chi connectivity index (χ0n) is 12.3. The molecule has 116 valence electrons. The number of carbonyl (C=O) groups is 1. The summed E-state index contributed by atoms with van der Waals surface area (Å²) >= 11 is 0. The molecule has 1 aromatic carbocycles. The van der Waals surface area contributed by atoms with E-state index >= 15 is 0 Å². The number of benzene rings is 1. The van der Waals surface area contributed by atoms with Crippen molar-refractivity contribution < 1.29 is 13.2 Å². The molecule has 0 aliphatic carbocycles. The topological polar surface area (TPSA) is 83.7 Å². The fourth-order valence-electron chi connectivity index (χ4n) is 2.59. The van der Waals surface area contributed by atoms with Gasteiger partial charge in [0.15, 0.2) is 0 Å². The van der Waals surface area contributed by atoms with Crippen LogP contribution < -0.4 is 5.73 Å². The van der Waals surface area contributed by atoms with Gasteiger partial charge in [0.25, 0.3) is 10.2 Å². The Morgan fingerprint density at radius 2 is 2.14 bits per heavy atom. The van der Waals surface area contributed by atoms with Crippen molar-refractivity contribution in [1.29, 1.82) is 0 Å². The number of carbonyl (C=O) groups excluding carboxylic acids is 1. The van der Waals surface area contributed by atoms with Crippen molar-refractivity contribution in [2.75, 3.05) is 27.2 Å². The van der Waals surface area contributed by atoms with Crippen molar-refractivity contribution in [2.45, 2.75) is 12.8 Å². The van der Waals surface area contributed by atoms with Crippen molar-refractivity contribution in [3.05, 3.63) is 35.4 Å². The number of amides is 1. The predicted octanol–water partition coefficient (Wildman–Crippen LogP) is 0.456. The Labute approximate surface area is 125 Å². The zero-order valence-corrected chi connectivity index (χ0v) is 13.1. The molecular weight excluding hydrogens is 290 g/mol. The minimum Gasteiger partial charge on any atom is -0.366 e. The summed E-state index contributed by atoms with van der Waals surface area (Å²) in [6.45, 7) is 1.06. The van der Waals surface area contributed by atoms with Gasteiger partial charge in [-0.15, -0.1) is 0 Å². The quantitative estimate of drug-likeness (QED) is 0.857. The highest BCUT2D eigenvalue weighted by Gasteiger charge is 2.32. The Bertz CT molecular complexity index is 628. The van der Waals surface area contributed by atoms with Gasteiger partial charge < -0.3 is 5.73 Å². The Balaban J connectivity index is 2.03. The highest BCUT2D eigenvalue weighted by atomic mass is 32.2. The molecular formula is C14H21N3O3S. The molecule has 1 aliphatic heterocycles. The molecule has 6 nitrogen and oxygen atoms in total. The molecule has 1 atom stereocenters. The van der Waals surface area contributed by atoms with Crippen LogP contribution in [0.25, 0.3) is 0 Å². The van der Waals surface area contributed by atoms with Gasteiger partial charge in [0.1, 0.15) is 0 Å². The fraction of sp³-hybridized carbons (Fsp3) is 0.500. The third-order valence-electron chi connectivity index (χ3n) is 3.77. The first kappa shape index (κ1) is 15.9. The molecule has 7 heteroatoms. The maximum Gasteiger partial charge on any atom is 0.281 e. The van der Waals surface area contributed by atoms with Gasteiger partial charge in [-0.3, -0.25) is 4.79 Å². The number of primary amides is 1. The fourth-order valence-corrected chi connectivity index (χ4v) is 3.79. The molecule has 0 unspecified atom stereocenters. The molecule has 2 N–H and O–H groups in total. The summed E-state index contributed by atoms with van der Waals surface area (Å²) in [5.41, 5.74) is 6.77. The lowest BCUT2D eigenvalue weighted by molar-refractivity contribution is 0.1000. The second-order valence-electron chi connectivity index (χ2n) is 5.57. The van der Waals surface area contributed by atoms with E-state index < -0.39 is 16.1 Å². The van der Waals surface area contributed by atoms with Crippen LogP contribution in [0.4, 0.5) is 0 Å². The first-order valence-electron chi connectivity index (χ1n) is 6.87. The first-order valence-corrected chi connectivity index (χ1v) is 8.26. The maximum absolute atomic E-state index is 12.1. The molecule has 0 bridgehead atoms. The van der Waals surface area contributed by atoms with E-state index in [0.717, 1.165) is 18.4 Å². The van der Waals surface area contributed by atoms with E-state index in [9.17, 15) is 13.2 Å². The zero-order chi connectivity index (χ0) is 15.6. The Morgan fingerprint density at radius 3 is 2.76 bits per heavy atom. The van der Waals surface area contributed by atoms with Crippen molar-refractivity contribution >= 4 is 16.1 Å². The highest BCUT2D eigenvalue weighted by molar-refractivity contribution is 7.86. The monoisotopic (exact) mass is 311 g/mol. The average Bonchev–Trinajstić information content (AvgIpc) is 2.88. The summed E-state index contributed by atoms with van der Waals surface area (Å²) in [5, 5.41) is 0. The van der Waals surface area contributed by atoms with Gasteiger partial charge in [0.2, 0.25) is 5.91 Å². The third-order valence-corrected chi connectivity index (χ3v) is 5.68. The van der Waals surface area contributed by atoms with Crippen LogP contribution in [-0.4, -0.2) is 50.1 Å². The van der Waals surface area contributed by atoms with Crippen LogP contribution in [0.2, 0.25) is 0 Å². The number of nitrogens with zero attached hydrogens (tertiary/aromatic N) is 2. The minimum absolute atomic E-state index is 0.267. The van der Waals surface area contributed by atoms with Gasteiger partial charge in [-0.2, -0.15) is 17.0 Å². The minimum atomic E-state index is -3.33. The lowest BCUT2D eigenvalue weighted by atomic mass is 9.97. The van der Waals surface area contributed by atoms with Crippen LogP contribution in [0.3, 0.4) is 0 Å². The van der Waals surface area contributed by atoms with E-state index in [1.165, 1.54) is 8.61 Å². The largest absolute Gasteiger partial charge is 0.366 e. The van der Waals surface area contributed by atoms with Gasteiger partial charge in [0, 0.05) is 32.7 Å². The predicted molar refractivity (Wildman–Crippen MR) is 81.0 cm³/mol.